The summed E-state index contributed by atoms with van der Waals surface area (Å²) in [5.74, 6) is 0.159. The summed E-state index contributed by atoms with van der Waals surface area (Å²) in [5, 5.41) is 8.49. The van der Waals surface area contributed by atoms with Gasteiger partial charge >= 0.3 is 0 Å². The topological polar surface area (TPSA) is 104 Å². The van der Waals surface area contributed by atoms with E-state index in [1.807, 2.05) is 13.0 Å². The number of ether oxygens (including phenoxy) is 2. The molecule has 1 aromatic carbocycles. The molecular formula is C21H18Cl2N6O3. The molecule has 3 aromatic heterocycles. The molecule has 4 rings (SSSR count). The molecule has 164 valence electrons. The Hall–Kier alpha value is -3.27. The van der Waals surface area contributed by atoms with Crippen LogP contribution in [0.2, 0.25) is 10.0 Å². The van der Waals surface area contributed by atoms with Gasteiger partial charge in [0.05, 0.1) is 23.5 Å². The van der Waals surface area contributed by atoms with Crippen molar-refractivity contribution in [1.82, 2.24) is 24.7 Å². The maximum absolute atomic E-state index is 12.8. The van der Waals surface area contributed by atoms with E-state index in [9.17, 15) is 4.79 Å². The number of nitrogens with zero attached hydrogens (tertiary/aromatic N) is 5. The monoisotopic (exact) mass is 472 g/mol. The summed E-state index contributed by atoms with van der Waals surface area (Å²) in [4.78, 5) is 25.4. The van der Waals surface area contributed by atoms with E-state index in [2.05, 4.69) is 25.4 Å². The van der Waals surface area contributed by atoms with Crippen molar-refractivity contribution in [2.45, 2.75) is 13.0 Å². The fourth-order valence-corrected chi connectivity index (χ4v) is 3.43. The molecule has 0 saturated carbocycles. The second-order valence-corrected chi connectivity index (χ2v) is 7.68. The van der Waals surface area contributed by atoms with Gasteiger partial charge in [0, 0.05) is 18.3 Å². The summed E-state index contributed by atoms with van der Waals surface area (Å²) in [6, 6.07) is 8.60. The number of benzene rings is 1. The number of hydrogen-bond acceptors (Lipinski definition) is 7. The van der Waals surface area contributed by atoms with Crippen molar-refractivity contribution in [2.24, 2.45) is 0 Å². The van der Waals surface area contributed by atoms with Crippen LogP contribution in [0.25, 0.3) is 16.7 Å². The first kappa shape index (κ1) is 21.9. The van der Waals surface area contributed by atoms with Gasteiger partial charge in [-0.15, -0.1) is 0 Å². The van der Waals surface area contributed by atoms with Crippen LogP contribution in [0.15, 0.2) is 49.1 Å². The van der Waals surface area contributed by atoms with Gasteiger partial charge in [0.15, 0.2) is 5.65 Å². The van der Waals surface area contributed by atoms with Crippen molar-refractivity contribution < 1.29 is 14.3 Å². The minimum Gasteiger partial charge on any atom is -0.461 e. The van der Waals surface area contributed by atoms with Gasteiger partial charge in [0.1, 0.15) is 17.5 Å². The fraction of sp³-hybridized carbons (Fsp3) is 0.190. The second kappa shape index (κ2) is 9.47. The van der Waals surface area contributed by atoms with Gasteiger partial charge in [-0.05, 0) is 36.8 Å². The SMILES string of the molecule is COCC(Oc1ncnc2c1cnn2-c1ccc(Cl)cc1Cl)C(=O)Nc1ccc(C)cn1. The summed E-state index contributed by atoms with van der Waals surface area (Å²) in [6.45, 7) is 1.91. The average Bonchev–Trinajstić information content (AvgIpc) is 3.20. The number of carbonyl (C=O) groups excluding carboxylic acids is 1. The third-order valence-corrected chi connectivity index (χ3v) is 5.03. The normalized spacial score (nSPS) is 12.0. The van der Waals surface area contributed by atoms with Gasteiger partial charge in [-0.25, -0.2) is 19.6 Å². The van der Waals surface area contributed by atoms with Gasteiger partial charge < -0.3 is 14.8 Å². The number of nitrogens with one attached hydrogen (secondary N) is 1. The number of aryl methyl sites for hydroxylation is 1. The highest BCUT2D eigenvalue weighted by atomic mass is 35.5. The maximum Gasteiger partial charge on any atom is 0.269 e. The molecule has 0 fully saturated rings. The second-order valence-electron chi connectivity index (χ2n) is 6.84. The third-order valence-electron chi connectivity index (χ3n) is 4.49. The summed E-state index contributed by atoms with van der Waals surface area (Å²) in [5.41, 5.74) is 2.03. The molecular weight excluding hydrogens is 455 g/mol. The van der Waals surface area contributed by atoms with Crippen LogP contribution in [0.5, 0.6) is 5.88 Å². The highest BCUT2D eigenvalue weighted by Crippen LogP contribution is 2.29. The van der Waals surface area contributed by atoms with Gasteiger partial charge in [0.25, 0.3) is 5.91 Å². The molecule has 0 spiro atoms. The highest BCUT2D eigenvalue weighted by Gasteiger charge is 2.24. The zero-order valence-corrected chi connectivity index (χ0v) is 18.6. The number of amides is 1. The third kappa shape index (κ3) is 4.64. The van der Waals surface area contributed by atoms with E-state index in [4.69, 9.17) is 32.7 Å². The molecule has 32 heavy (non-hydrogen) atoms. The molecule has 1 unspecified atom stereocenters. The predicted octanol–water partition coefficient (Wildman–Crippen LogP) is 3.86. The number of rotatable bonds is 7. The Morgan fingerprint density at radius 1 is 1.16 bits per heavy atom. The molecule has 3 heterocycles. The molecule has 11 heteroatoms. The number of carbonyl (C=O) groups is 1. The minimum atomic E-state index is -0.983. The van der Waals surface area contributed by atoms with Gasteiger partial charge in [-0.2, -0.15) is 5.10 Å². The lowest BCUT2D eigenvalue weighted by Crippen LogP contribution is -2.37. The van der Waals surface area contributed by atoms with E-state index >= 15 is 0 Å². The smallest absolute Gasteiger partial charge is 0.269 e. The zero-order chi connectivity index (χ0) is 22.7. The minimum absolute atomic E-state index is 0.000338. The Balaban J connectivity index is 1.62. The van der Waals surface area contributed by atoms with Crippen molar-refractivity contribution in [3.63, 3.8) is 0 Å². The Labute approximate surface area is 193 Å². The average molecular weight is 473 g/mol. The van der Waals surface area contributed by atoms with Crippen LogP contribution in [0.3, 0.4) is 0 Å². The largest absolute Gasteiger partial charge is 0.461 e. The molecule has 0 aliphatic rings. The summed E-state index contributed by atoms with van der Waals surface area (Å²) in [7, 11) is 1.48. The van der Waals surface area contributed by atoms with Crippen molar-refractivity contribution in [2.75, 3.05) is 19.0 Å². The van der Waals surface area contributed by atoms with Crippen LogP contribution in [-0.2, 0) is 9.53 Å². The number of fused-ring (bicyclic) bond motifs is 1. The number of methoxy groups -OCH3 is 1. The number of anilines is 1. The molecule has 0 aliphatic heterocycles. The first-order valence-corrected chi connectivity index (χ1v) is 10.2. The lowest BCUT2D eigenvalue weighted by Gasteiger charge is -2.17. The first-order valence-electron chi connectivity index (χ1n) is 9.49. The van der Waals surface area contributed by atoms with Crippen molar-refractivity contribution >= 4 is 46.0 Å². The molecule has 0 saturated heterocycles. The fourth-order valence-electron chi connectivity index (χ4n) is 2.94. The van der Waals surface area contributed by atoms with Crippen LogP contribution in [0, 0.1) is 6.92 Å². The van der Waals surface area contributed by atoms with Crippen molar-refractivity contribution in [1.29, 1.82) is 0 Å². The van der Waals surface area contributed by atoms with E-state index in [0.717, 1.165) is 5.56 Å². The lowest BCUT2D eigenvalue weighted by molar-refractivity contribution is -0.125. The van der Waals surface area contributed by atoms with E-state index in [1.54, 1.807) is 41.3 Å². The van der Waals surface area contributed by atoms with Gasteiger partial charge in [-0.1, -0.05) is 29.3 Å². The molecule has 0 radical (unpaired) electrons. The molecule has 0 aliphatic carbocycles. The summed E-state index contributed by atoms with van der Waals surface area (Å²) in [6.07, 6.45) is 3.54. The maximum atomic E-state index is 12.8. The Kier molecular flexibility index (Phi) is 6.50. The van der Waals surface area contributed by atoms with Gasteiger partial charge in [0.2, 0.25) is 12.0 Å². The lowest BCUT2D eigenvalue weighted by atomic mass is 10.3. The number of pyridine rings is 1. The number of halogens is 2. The van der Waals surface area contributed by atoms with E-state index in [-0.39, 0.29) is 12.5 Å². The number of aromatic nitrogens is 5. The van der Waals surface area contributed by atoms with Crippen LogP contribution in [-0.4, -0.2) is 50.5 Å². The van der Waals surface area contributed by atoms with Gasteiger partial charge in [-0.3, -0.25) is 4.79 Å². The molecule has 1 atom stereocenters. The molecule has 0 bridgehead atoms. The Bertz CT molecular complexity index is 1260. The van der Waals surface area contributed by atoms with Crippen LogP contribution < -0.4 is 10.1 Å². The van der Waals surface area contributed by atoms with E-state index in [0.29, 0.717) is 32.6 Å². The summed E-state index contributed by atoms with van der Waals surface area (Å²) >= 11 is 12.3. The quantitative estimate of drug-likeness (QED) is 0.435. The molecule has 9 nitrogen and oxygen atoms in total. The van der Waals surface area contributed by atoms with Crippen LogP contribution >= 0.6 is 23.2 Å². The Morgan fingerprint density at radius 2 is 2.00 bits per heavy atom. The number of hydrogen-bond donors (Lipinski definition) is 1. The molecule has 1 amide bonds. The zero-order valence-electron chi connectivity index (χ0n) is 17.1. The van der Waals surface area contributed by atoms with Crippen LogP contribution in [0.4, 0.5) is 5.82 Å². The predicted molar refractivity (Wildman–Crippen MR) is 121 cm³/mol. The van der Waals surface area contributed by atoms with Crippen LogP contribution in [0.1, 0.15) is 5.56 Å². The molecule has 4 aromatic rings. The van der Waals surface area contributed by atoms with Crippen molar-refractivity contribution in [3.8, 4) is 11.6 Å². The standard InChI is InChI=1S/C21H18Cl2N6O3/c1-12-3-6-18(24-8-12)28-20(30)17(10-31-2)32-21-14-9-27-29(19(14)25-11-26-21)16-5-4-13(22)7-15(16)23/h3-9,11,17H,10H2,1-2H3,(H,24,28,30). The van der Waals surface area contributed by atoms with E-state index in [1.165, 1.54) is 13.4 Å². The highest BCUT2D eigenvalue weighted by molar-refractivity contribution is 6.35. The van der Waals surface area contributed by atoms with E-state index < -0.39 is 12.0 Å². The first-order chi connectivity index (χ1) is 15.5. The summed E-state index contributed by atoms with van der Waals surface area (Å²) < 4.78 is 12.6. The molecule has 1 N–H and O–H groups in total. The Morgan fingerprint density at radius 3 is 2.72 bits per heavy atom. The van der Waals surface area contributed by atoms with Crippen molar-refractivity contribution in [3.05, 3.63) is 64.7 Å².